The van der Waals surface area contributed by atoms with Crippen LogP contribution in [-0.4, -0.2) is 91.1 Å². The van der Waals surface area contributed by atoms with Crippen LogP contribution < -0.4 is 0 Å². The van der Waals surface area contributed by atoms with Gasteiger partial charge in [0.15, 0.2) is 9.84 Å². The molecule has 3 heterocycles. The molecule has 0 N–H and O–H groups in total. The highest BCUT2D eigenvalue weighted by molar-refractivity contribution is 7.91. The first kappa shape index (κ1) is 20.8. The third-order valence-electron chi connectivity index (χ3n) is 6.30. The second kappa shape index (κ2) is 8.37. The summed E-state index contributed by atoms with van der Waals surface area (Å²) in [4.78, 5) is 42.9. The van der Waals surface area contributed by atoms with Crippen molar-refractivity contribution in [3.63, 3.8) is 0 Å². The molecule has 0 aromatic heterocycles. The van der Waals surface area contributed by atoms with E-state index in [9.17, 15) is 22.8 Å². The molecule has 2 atom stereocenters. The van der Waals surface area contributed by atoms with Gasteiger partial charge in [0.25, 0.3) is 0 Å². The van der Waals surface area contributed by atoms with Crippen molar-refractivity contribution >= 4 is 27.6 Å². The molecule has 0 radical (unpaired) electrons. The highest BCUT2D eigenvalue weighted by atomic mass is 32.2. The Labute approximate surface area is 176 Å². The van der Waals surface area contributed by atoms with E-state index in [1.807, 2.05) is 30.3 Å². The fourth-order valence-corrected chi connectivity index (χ4v) is 6.32. The molecule has 0 aliphatic carbocycles. The number of piperazine rings is 1. The number of rotatable bonds is 4. The van der Waals surface area contributed by atoms with Crippen LogP contribution in [0.2, 0.25) is 0 Å². The highest BCUT2D eigenvalue weighted by Gasteiger charge is 2.43. The van der Waals surface area contributed by atoms with E-state index in [-0.39, 0.29) is 41.7 Å². The van der Waals surface area contributed by atoms with Gasteiger partial charge in [0.05, 0.1) is 23.8 Å². The van der Waals surface area contributed by atoms with Crippen molar-refractivity contribution in [2.45, 2.75) is 25.3 Å². The molecule has 0 saturated carbocycles. The number of hydrogen-bond donors (Lipinski definition) is 0. The number of benzene rings is 1. The molecule has 0 spiro atoms. The summed E-state index contributed by atoms with van der Waals surface area (Å²) in [5.74, 6) is -0.458. The predicted molar refractivity (Wildman–Crippen MR) is 110 cm³/mol. The Morgan fingerprint density at radius 2 is 1.67 bits per heavy atom. The maximum Gasteiger partial charge on any atom is 0.228 e. The fourth-order valence-electron chi connectivity index (χ4n) is 4.59. The maximum atomic E-state index is 12.9. The average Bonchev–Trinajstić information content (AvgIpc) is 3.30. The molecular formula is C21H27N3O5S. The van der Waals surface area contributed by atoms with Crippen molar-refractivity contribution in [3.8, 4) is 0 Å². The summed E-state index contributed by atoms with van der Waals surface area (Å²) in [6.07, 6.45) is 0.949. The highest BCUT2D eigenvalue weighted by Crippen LogP contribution is 2.27. The second-order valence-electron chi connectivity index (χ2n) is 8.37. The fraction of sp³-hybridized carbons (Fsp3) is 0.571. The largest absolute Gasteiger partial charge is 0.339 e. The van der Waals surface area contributed by atoms with Gasteiger partial charge in [-0.1, -0.05) is 30.3 Å². The van der Waals surface area contributed by atoms with Crippen LogP contribution in [-0.2, 0) is 30.6 Å². The van der Waals surface area contributed by atoms with Crippen molar-refractivity contribution in [1.82, 2.24) is 14.7 Å². The summed E-state index contributed by atoms with van der Waals surface area (Å²) in [6, 6.07) is 9.29. The number of sulfone groups is 1. The smallest absolute Gasteiger partial charge is 0.228 e. The molecule has 3 aliphatic heterocycles. The third-order valence-corrected chi connectivity index (χ3v) is 8.05. The van der Waals surface area contributed by atoms with Gasteiger partial charge in [0.1, 0.15) is 0 Å². The van der Waals surface area contributed by atoms with E-state index in [4.69, 9.17) is 0 Å². The molecule has 1 aromatic rings. The Morgan fingerprint density at radius 1 is 1.00 bits per heavy atom. The Bertz CT molecular complexity index is 925. The number of carbonyl (C=O) groups excluding carboxylic acids is 3. The average molecular weight is 434 g/mol. The van der Waals surface area contributed by atoms with Crippen LogP contribution in [0.1, 0.15) is 18.4 Å². The van der Waals surface area contributed by atoms with Crippen molar-refractivity contribution in [3.05, 3.63) is 35.9 Å². The minimum Gasteiger partial charge on any atom is -0.339 e. The molecule has 8 nitrogen and oxygen atoms in total. The molecule has 4 rings (SSSR count). The van der Waals surface area contributed by atoms with Crippen molar-refractivity contribution in [2.75, 3.05) is 44.2 Å². The lowest BCUT2D eigenvalue weighted by Crippen LogP contribution is -2.52. The van der Waals surface area contributed by atoms with E-state index >= 15 is 0 Å². The standard InChI is InChI=1S/C21H27N3O5S/c25-19(12-16-4-2-1-3-5-16)22-7-9-23(10-8-22)21(27)17-13-20(26)24(14-17)18-6-11-30(28,29)15-18/h1-5,17-18H,6-15H2. The zero-order valence-electron chi connectivity index (χ0n) is 16.9. The number of nitrogens with zero attached hydrogens (tertiary/aromatic N) is 3. The first-order chi connectivity index (χ1) is 14.3. The third kappa shape index (κ3) is 4.50. The topological polar surface area (TPSA) is 95.1 Å². The van der Waals surface area contributed by atoms with Crippen LogP contribution in [0, 0.1) is 5.92 Å². The van der Waals surface area contributed by atoms with Gasteiger partial charge >= 0.3 is 0 Å². The van der Waals surface area contributed by atoms with E-state index in [1.54, 1.807) is 14.7 Å². The Balaban J connectivity index is 1.28. The molecule has 3 amide bonds. The molecule has 0 bridgehead atoms. The number of amides is 3. The van der Waals surface area contributed by atoms with Crippen molar-refractivity contribution in [2.24, 2.45) is 5.92 Å². The molecule has 3 saturated heterocycles. The van der Waals surface area contributed by atoms with Crippen molar-refractivity contribution < 1.29 is 22.8 Å². The Morgan fingerprint density at radius 3 is 2.30 bits per heavy atom. The van der Waals surface area contributed by atoms with Crippen LogP contribution in [0.25, 0.3) is 0 Å². The molecule has 2 unspecified atom stereocenters. The molecular weight excluding hydrogens is 406 g/mol. The molecule has 3 aliphatic rings. The van der Waals surface area contributed by atoms with E-state index in [2.05, 4.69) is 0 Å². The SMILES string of the molecule is O=C(Cc1ccccc1)N1CCN(C(=O)C2CC(=O)N(C3CCS(=O)(=O)C3)C2)CC1. The number of hydrogen-bond acceptors (Lipinski definition) is 5. The van der Waals surface area contributed by atoms with Crippen LogP contribution in [0.4, 0.5) is 0 Å². The van der Waals surface area contributed by atoms with Crippen LogP contribution >= 0.6 is 0 Å². The number of likely N-dealkylation sites (tertiary alicyclic amines) is 1. The van der Waals surface area contributed by atoms with Gasteiger partial charge in [0.2, 0.25) is 17.7 Å². The maximum absolute atomic E-state index is 12.9. The number of carbonyl (C=O) groups is 3. The minimum absolute atomic E-state index is 0.00184. The lowest BCUT2D eigenvalue weighted by Gasteiger charge is -2.36. The monoisotopic (exact) mass is 433 g/mol. The van der Waals surface area contributed by atoms with Gasteiger partial charge in [0, 0.05) is 45.2 Å². The molecule has 3 fully saturated rings. The van der Waals surface area contributed by atoms with E-state index in [1.165, 1.54) is 0 Å². The summed E-state index contributed by atoms with van der Waals surface area (Å²) >= 11 is 0. The van der Waals surface area contributed by atoms with Gasteiger partial charge in [-0.05, 0) is 12.0 Å². The van der Waals surface area contributed by atoms with Gasteiger partial charge < -0.3 is 14.7 Å². The zero-order valence-corrected chi connectivity index (χ0v) is 17.7. The minimum atomic E-state index is -3.08. The summed E-state index contributed by atoms with van der Waals surface area (Å²) < 4.78 is 23.4. The summed E-state index contributed by atoms with van der Waals surface area (Å²) in [5, 5.41) is 0. The summed E-state index contributed by atoms with van der Waals surface area (Å²) in [7, 11) is -3.08. The van der Waals surface area contributed by atoms with Gasteiger partial charge in [-0.3, -0.25) is 14.4 Å². The lowest BCUT2D eigenvalue weighted by molar-refractivity contribution is -0.141. The van der Waals surface area contributed by atoms with Gasteiger partial charge in [-0.2, -0.15) is 0 Å². The van der Waals surface area contributed by atoms with E-state index in [0.29, 0.717) is 45.6 Å². The molecule has 1 aromatic carbocycles. The van der Waals surface area contributed by atoms with Crippen LogP contribution in [0.3, 0.4) is 0 Å². The van der Waals surface area contributed by atoms with Crippen molar-refractivity contribution in [1.29, 1.82) is 0 Å². The Hall–Kier alpha value is -2.42. The quantitative estimate of drug-likeness (QED) is 0.663. The van der Waals surface area contributed by atoms with E-state index < -0.39 is 15.8 Å². The summed E-state index contributed by atoms with van der Waals surface area (Å²) in [6.45, 7) is 2.19. The first-order valence-corrected chi connectivity index (χ1v) is 12.2. The van der Waals surface area contributed by atoms with Crippen LogP contribution in [0.5, 0.6) is 0 Å². The molecule has 30 heavy (non-hydrogen) atoms. The van der Waals surface area contributed by atoms with Gasteiger partial charge in [-0.15, -0.1) is 0 Å². The molecule has 162 valence electrons. The first-order valence-electron chi connectivity index (χ1n) is 10.4. The van der Waals surface area contributed by atoms with Crippen LogP contribution in [0.15, 0.2) is 30.3 Å². The lowest BCUT2D eigenvalue weighted by atomic mass is 10.1. The zero-order chi connectivity index (χ0) is 21.3. The van der Waals surface area contributed by atoms with E-state index in [0.717, 1.165) is 5.56 Å². The Kier molecular flexibility index (Phi) is 5.81. The van der Waals surface area contributed by atoms with Gasteiger partial charge in [-0.25, -0.2) is 8.42 Å². The normalized spacial score (nSPS) is 26.3. The molecule has 9 heteroatoms. The second-order valence-corrected chi connectivity index (χ2v) is 10.6. The summed E-state index contributed by atoms with van der Waals surface area (Å²) in [5.41, 5.74) is 0.972. The predicted octanol–water partition coefficient (Wildman–Crippen LogP) is -0.0645.